The predicted octanol–water partition coefficient (Wildman–Crippen LogP) is 3.75. The van der Waals surface area contributed by atoms with Gasteiger partial charge in [0.05, 0.1) is 27.4 Å². The number of rotatable bonds is 9. The third-order valence-electron chi connectivity index (χ3n) is 4.26. The van der Waals surface area contributed by atoms with Gasteiger partial charge in [-0.2, -0.15) is 0 Å². The molecule has 2 aromatic carbocycles. The first kappa shape index (κ1) is 20.4. The first-order valence-corrected chi connectivity index (χ1v) is 8.86. The number of para-hydroxylation sites is 2. The average Bonchev–Trinajstić information content (AvgIpc) is 2.71. The molecule has 0 saturated heterocycles. The number of methoxy groups -OCH3 is 3. The van der Waals surface area contributed by atoms with Crippen LogP contribution in [0.15, 0.2) is 42.5 Å². The largest absolute Gasteiger partial charge is 0.497 e. The second-order valence-corrected chi connectivity index (χ2v) is 6.00. The van der Waals surface area contributed by atoms with Crippen LogP contribution in [0.5, 0.6) is 23.0 Å². The van der Waals surface area contributed by atoms with Crippen molar-refractivity contribution >= 4 is 5.91 Å². The topological polar surface area (TPSA) is 66.0 Å². The summed E-state index contributed by atoms with van der Waals surface area (Å²) in [5.74, 6) is 2.30. The van der Waals surface area contributed by atoms with Gasteiger partial charge in [0.2, 0.25) is 0 Å². The molecule has 0 bridgehead atoms. The minimum absolute atomic E-state index is 0.208. The Morgan fingerprint density at radius 2 is 1.63 bits per heavy atom. The van der Waals surface area contributed by atoms with Crippen molar-refractivity contribution < 1.29 is 23.7 Å². The van der Waals surface area contributed by atoms with E-state index in [-0.39, 0.29) is 11.9 Å². The van der Waals surface area contributed by atoms with Crippen LogP contribution < -0.4 is 24.3 Å². The Labute approximate surface area is 160 Å². The smallest absolute Gasteiger partial charge is 0.261 e. The van der Waals surface area contributed by atoms with E-state index >= 15 is 0 Å². The van der Waals surface area contributed by atoms with E-state index in [0.29, 0.717) is 29.4 Å². The molecule has 0 spiro atoms. The summed E-state index contributed by atoms with van der Waals surface area (Å²) >= 11 is 0. The van der Waals surface area contributed by atoms with Gasteiger partial charge in [0, 0.05) is 5.56 Å². The lowest BCUT2D eigenvalue weighted by Gasteiger charge is -2.23. The summed E-state index contributed by atoms with van der Waals surface area (Å²) in [6, 6.07) is 12.5. The molecule has 2 aromatic rings. The van der Waals surface area contributed by atoms with Gasteiger partial charge in [0.1, 0.15) is 11.5 Å². The molecule has 6 nitrogen and oxygen atoms in total. The highest BCUT2D eigenvalue weighted by molar-refractivity contribution is 5.81. The number of nitrogens with one attached hydrogen (secondary N) is 1. The molecule has 0 fully saturated rings. The quantitative estimate of drug-likeness (QED) is 0.725. The van der Waals surface area contributed by atoms with Gasteiger partial charge in [-0.05, 0) is 43.7 Å². The van der Waals surface area contributed by atoms with Crippen LogP contribution in [0, 0.1) is 0 Å². The molecule has 146 valence electrons. The third kappa shape index (κ3) is 5.06. The molecule has 0 aliphatic carbocycles. The predicted molar refractivity (Wildman–Crippen MR) is 104 cm³/mol. The van der Waals surface area contributed by atoms with E-state index < -0.39 is 6.10 Å². The molecule has 2 atom stereocenters. The molecule has 1 N–H and O–H groups in total. The molecular weight excluding hydrogens is 346 g/mol. The van der Waals surface area contributed by atoms with Crippen LogP contribution in [0.1, 0.15) is 31.9 Å². The fourth-order valence-corrected chi connectivity index (χ4v) is 2.75. The van der Waals surface area contributed by atoms with Crippen LogP contribution >= 0.6 is 0 Å². The zero-order valence-electron chi connectivity index (χ0n) is 16.4. The minimum Gasteiger partial charge on any atom is -0.497 e. The Hall–Kier alpha value is -2.89. The molecule has 0 saturated carbocycles. The van der Waals surface area contributed by atoms with Crippen molar-refractivity contribution in [1.82, 2.24) is 5.32 Å². The highest BCUT2D eigenvalue weighted by Crippen LogP contribution is 2.30. The Morgan fingerprint density at radius 1 is 0.963 bits per heavy atom. The fraction of sp³-hybridized carbons (Fsp3) is 0.381. The van der Waals surface area contributed by atoms with Crippen LogP contribution in [-0.2, 0) is 4.79 Å². The Morgan fingerprint density at radius 3 is 2.22 bits per heavy atom. The Kier molecular flexibility index (Phi) is 7.34. The van der Waals surface area contributed by atoms with E-state index in [0.717, 1.165) is 5.56 Å². The maximum atomic E-state index is 12.8. The first-order valence-electron chi connectivity index (χ1n) is 8.86. The van der Waals surface area contributed by atoms with Gasteiger partial charge < -0.3 is 24.3 Å². The van der Waals surface area contributed by atoms with E-state index in [4.69, 9.17) is 18.9 Å². The number of ether oxygens (including phenoxy) is 4. The molecule has 6 heteroatoms. The monoisotopic (exact) mass is 373 g/mol. The maximum absolute atomic E-state index is 12.8. The maximum Gasteiger partial charge on any atom is 0.261 e. The molecule has 0 radical (unpaired) electrons. The number of carbonyl (C=O) groups excluding carboxylic acids is 1. The molecule has 0 aliphatic rings. The third-order valence-corrected chi connectivity index (χ3v) is 4.26. The summed E-state index contributed by atoms with van der Waals surface area (Å²) < 4.78 is 21.9. The second-order valence-electron chi connectivity index (χ2n) is 6.00. The molecular formula is C21H27NO5. The van der Waals surface area contributed by atoms with E-state index in [1.807, 2.05) is 44.2 Å². The minimum atomic E-state index is -0.639. The van der Waals surface area contributed by atoms with E-state index in [9.17, 15) is 4.79 Å². The summed E-state index contributed by atoms with van der Waals surface area (Å²) in [5.41, 5.74) is 0.831. The van der Waals surface area contributed by atoms with E-state index in [2.05, 4.69) is 5.32 Å². The van der Waals surface area contributed by atoms with Gasteiger partial charge in [-0.1, -0.05) is 19.1 Å². The number of hydrogen-bond acceptors (Lipinski definition) is 5. The summed E-state index contributed by atoms with van der Waals surface area (Å²) in [4.78, 5) is 12.8. The summed E-state index contributed by atoms with van der Waals surface area (Å²) in [5, 5.41) is 2.99. The molecule has 27 heavy (non-hydrogen) atoms. The highest BCUT2D eigenvalue weighted by atomic mass is 16.5. The lowest BCUT2D eigenvalue weighted by molar-refractivity contribution is -0.128. The van der Waals surface area contributed by atoms with Crippen molar-refractivity contribution in [3.8, 4) is 23.0 Å². The van der Waals surface area contributed by atoms with Gasteiger partial charge >= 0.3 is 0 Å². The summed E-state index contributed by atoms with van der Waals surface area (Å²) in [6.07, 6.45) is -0.119. The zero-order chi connectivity index (χ0) is 19.8. The lowest BCUT2D eigenvalue weighted by Crippen LogP contribution is -2.39. The van der Waals surface area contributed by atoms with Gasteiger partial charge in [-0.15, -0.1) is 0 Å². The van der Waals surface area contributed by atoms with Crippen molar-refractivity contribution in [3.63, 3.8) is 0 Å². The summed E-state index contributed by atoms with van der Waals surface area (Å²) in [7, 11) is 4.77. The van der Waals surface area contributed by atoms with Gasteiger partial charge in [0.25, 0.3) is 5.91 Å². The van der Waals surface area contributed by atoms with Crippen molar-refractivity contribution in [2.75, 3.05) is 21.3 Å². The molecule has 2 rings (SSSR count). The number of hydrogen-bond donors (Lipinski definition) is 1. The standard InChI is InChI=1S/C21H27NO5/c1-6-17(27-20-10-8-7-9-19(20)26-5)21(23)22-14(2)16-13-15(24-3)11-12-18(16)25-4/h7-14,17H,6H2,1-5H3,(H,22,23). The Bertz CT molecular complexity index is 762. The van der Waals surface area contributed by atoms with Gasteiger partial charge in [-0.3, -0.25) is 4.79 Å². The number of amides is 1. The molecule has 2 unspecified atom stereocenters. The molecule has 0 aromatic heterocycles. The lowest BCUT2D eigenvalue weighted by atomic mass is 10.1. The van der Waals surface area contributed by atoms with Gasteiger partial charge in [0.15, 0.2) is 17.6 Å². The SMILES string of the molecule is CCC(Oc1ccccc1OC)C(=O)NC(C)c1cc(OC)ccc1OC. The fourth-order valence-electron chi connectivity index (χ4n) is 2.75. The van der Waals surface area contributed by atoms with Crippen LogP contribution in [0.3, 0.4) is 0 Å². The summed E-state index contributed by atoms with van der Waals surface area (Å²) in [6.45, 7) is 3.79. The molecule has 0 aliphatic heterocycles. The van der Waals surface area contributed by atoms with Crippen LogP contribution in [0.2, 0.25) is 0 Å². The van der Waals surface area contributed by atoms with Crippen LogP contribution in [-0.4, -0.2) is 33.3 Å². The Balaban J connectivity index is 2.14. The van der Waals surface area contributed by atoms with E-state index in [1.54, 1.807) is 33.5 Å². The number of benzene rings is 2. The second kappa shape index (κ2) is 9.71. The first-order chi connectivity index (χ1) is 13.0. The normalized spacial score (nSPS) is 12.6. The van der Waals surface area contributed by atoms with Crippen molar-refractivity contribution in [2.45, 2.75) is 32.4 Å². The van der Waals surface area contributed by atoms with E-state index in [1.165, 1.54) is 0 Å². The molecule has 1 amide bonds. The molecule has 0 heterocycles. The van der Waals surface area contributed by atoms with Gasteiger partial charge in [-0.25, -0.2) is 0 Å². The van der Waals surface area contributed by atoms with Crippen molar-refractivity contribution in [1.29, 1.82) is 0 Å². The van der Waals surface area contributed by atoms with Crippen LogP contribution in [0.25, 0.3) is 0 Å². The van der Waals surface area contributed by atoms with Crippen molar-refractivity contribution in [3.05, 3.63) is 48.0 Å². The van der Waals surface area contributed by atoms with Crippen LogP contribution in [0.4, 0.5) is 0 Å². The average molecular weight is 373 g/mol. The highest BCUT2D eigenvalue weighted by Gasteiger charge is 2.23. The number of carbonyl (C=O) groups is 1. The van der Waals surface area contributed by atoms with Crippen molar-refractivity contribution in [2.24, 2.45) is 0 Å². The zero-order valence-corrected chi connectivity index (χ0v) is 16.4.